The quantitative estimate of drug-likeness (QED) is 0.768. The number of aromatic amines is 1. The average Bonchev–Trinajstić information content (AvgIpc) is 3.18. The Hall–Kier alpha value is -2.99. The summed E-state index contributed by atoms with van der Waals surface area (Å²) in [6.45, 7) is 2.33. The molecule has 0 atom stereocenters. The predicted octanol–water partition coefficient (Wildman–Crippen LogP) is 3.32. The van der Waals surface area contributed by atoms with Crippen molar-refractivity contribution >= 4 is 11.7 Å². The van der Waals surface area contributed by atoms with Crippen LogP contribution in [-0.2, 0) is 19.6 Å². The minimum absolute atomic E-state index is 0.296. The van der Waals surface area contributed by atoms with Crippen molar-refractivity contribution in [2.24, 2.45) is 0 Å². The zero-order valence-corrected chi connectivity index (χ0v) is 13.5. The summed E-state index contributed by atoms with van der Waals surface area (Å²) in [5, 5.41) is 10.0. The maximum atomic E-state index is 13.0. The number of hydrogen-bond donors (Lipinski definition) is 2. The first-order valence-corrected chi connectivity index (χ1v) is 8.08. The van der Waals surface area contributed by atoms with Crippen molar-refractivity contribution in [1.29, 1.82) is 0 Å². The van der Waals surface area contributed by atoms with E-state index in [-0.39, 0.29) is 11.7 Å². The number of nitrogens with one attached hydrogen (secondary N) is 2. The molecule has 2 N–H and O–H groups in total. The lowest BCUT2D eigenvalue weighted by Crippen LogP contribution is -2.18. The molecule has 25 heavy (non-hydrogen) atoms. The van der Waals surface area contributed by atoms with E-state index in [0.29, 0.717) is 11.4 Å². The summed E-state index contributed by atoms with van der Waals surface area (Å²) < 4.78 is 13.0. The van der Waals surface area contributed by atoms with Crippen LogP contribution in [0.5, 0.6) is 0 Å². The third-order valence-corrected chi connectivity index (χ3v) is 4.30. The first kappa shape index (κ1) is 15.5. The Morgan fingerprint density at radius 3 is 2.64 bits per heavy atom. The summed E-state index contributed by atoms with van der Waals surface area (Å²) in [4.78, 5) is 14.6. The van der Waals surface area contributed by atoms with Crippen molar-refractivity contribution in [1.82, 2.24) is 15.1 Å². The summed E-state index contributed by atoms with van der Waals surface area (Å²) in [5.74, 6) is -0.121. The van der Waals surface area contributed by atoms with E-state index in [9.17, 15) is 9.18 Å². The Bertz CT molecular complexity index is 890. The van der Waals surface area contributed by atoms with E-state index in [2.05, 4.69) is 32.5 Å². The number of nitrogens with zero attached hydrogens (tertiary/aromatic N) is 2. The van der Waals surface area contributed by atoms with E-state index in [0.717, 1.165) is 30.9 Å². The average molecular weight is 336 g/mol. The first-order valence-electron chi connectivity index (χ1n) is 8.08. The molecule has 0 aliphatic carbocycles. The van der Waals surface area contributed by atoms with Crippen LogP contribution >= 0.6 is 0 Å². The van der Waals surface area contributed by atoms with Crippen molar-refractivity contribution in [2.75, 3.05) is 5.32 Å². The highest BCUT2D eigenvalue weighted by molar-refractivity contribution is 6.04. The SMILES string of the molecule is O=C(Nc1n[nH]c2c1CN(Cc1ccccc1)C2)c1ccc(F)cc1. The Kier molecular flexibility index (Phi) is 4.03. The summed E-state index contributed by atoms with van der Waals surface area (Å²) in [5.41, 5.74) is 3.67. The minimum atomic E-state index is -0.367. The van der Waals surface area contributed by atoms with Crippen LogP contribution < -0.4 is 5.32 Å². The molecule has 126 valence electrons. The van der Waals surface area contributed by atoms with E-state index in [4.69, 9.17) is 0 Å². The van der Waals surface area contributed by atoms with Gasteiger partial charge in [0, 0.05) is 30.8 Å². The molecule has 0 bridgehead atoms. The van der Waals surface area contributed by atoms with Crippen LogP contribution in [-0.4, -0.2) is 21.0 Å². The molecule has 0 spiro atoms. The van der Waals surface area contributed by atoms with Crippen LogP contribution in [0.25, 0.3) is 0 Å². The van der Waals surface area contributed by atoms with Crippen molar-refractivity contribution < 1.29 is 9.18 Å². The monoisotopic (exact) mass is 336 g/mol. The van der Waals surface area contributed by atoms with Crippen molar-refractivity contribution in [3.05, 3.63) is 82.8 Å². The molecule has 6 heteroatoms. The van der Waals surface area contributed by atoms with Gasteiger partial charge in [0.1, 0.15) is 5.82 Å². The Morgan fingerprint density at radius 1 is 1.12 bits per heavy atom. The van der Waals surface area contributed by atoms with Crippen LogP contribution in [0.2, 0.25) is 0 Å². The molecular weight excluding hydrogens is 319 g/mol. The summed E-state index contributed by atoms with van der Waals surface area (Å²) in [6, 6.07) is 15.7. The molecule has 0 radical (unpaired) electrons. The second-order valence-electron chi connectivity index (χ2n) is 6.12. The third kappa shape index (κ3) is 3.29. The minimum Gasteiger partial charge on any atom is -0.305 e. The predicted molar refractivity (Wildman–Crippen MR) is 92.3 cm³/mol. The number of fused-ring (bicyclic) bond motifs is 1. The van der Waals surface area contributed by atoms with Crippen molar-refractivity contribution in [2.45, 2.75) is 19.6 Å². The van der Waals surface area contributed by atoms with Gasteiger partial charge in [0.05, 0.1) is 5.69 Å². The third-order valence-electron chi connectivity index (χ3n) is 4.30. The number of aromatic nitrogens is 2. The number of anilines is 1. The lowest BCUT2D eigenvalue weighted by atomic mass is 10.2. The summed E-state index contributed by atoms with van der Waals surface area (Å²) in [6.07, 6.45) is 0. The Balaban J connectivity index is 1.45. The number of H-pyrrole nitrogens is 1. The normalized spacial score (nSPS) is 13.6. The van der Waals surface area contributed by atoms with Gasteiger partial charge >= 0.3 is 0 Å². The molecule has 1 aromatic heterocycles. The van der Waals surface area contributed by atoms with Crippen LogP contribution in [0, 0.1) is 5.82 Å². The second-order valence-corrected chi connectivity index (χ2v) is 6.12. The second kappa shape index (κ2) is 6.49. The molecule has 0 unspecified atom stereocenters. The number of carbonyl (C=O) groups is 1. The molecule has 0 saturated carbocycles. The molecular formula is C19H17FN4O. The highest BCUT2D eigenvalue weighted by Gasteiger charge is 2.25. The van der Waals surface area contributed by atoms with Gasteiger partial charge in [-0.1, -0.05) is 30.3 Å². The molecule has 2 heterocycles. The Morgan fingerprint density at radius 2 is 1.88 bits per heavy atom. The van der Waals surface area contributed by atoms with Gasteiger partial charge < -0.3 is 5.32 Å². The fourth-order valence-corrected chi connectivity index (χ4v) is 3.04. The van der Waals surface area contributed by atoms with E-state index < -0.39 is 0 Å². The van der Waals surface area contributed by atoms with Gasteiger partial charge in [-0.2, -0.15) is 5.10 Å². The standard InChI is InChI=1S/C19H17FN4O/c20-15-8-6-14(7-9-15)19(25)21-18-16-11-24(12-17(16)22-23-18)10-13-4-2-1-3-5-13/h1-9H,10-12H2,(H2,21,22,23,25). The molecule has 1 aliphatic heterocycles. The molecule has 5 nitrogen and oxygen atoms in total. The highest BCUT2D eigenvalue weighted by atomic mass is 19.1. The van der Waals surface area contributed by atoms with Gasteiger partial charge in [-0.05, 0) is 29.8 Å². The Labute approximate surface area is 144 Å². The van der Waals surface area contributed by atoms with E-state index in [1.807, 2.05) is 18.2 Å². The number of hydrogen-bond acceptors (Lipinski definition) is 3. The van der Waals surface area contributed by atoms with Gasteiger partial charge in [0.2, 0.25) is 0 Å². The molecule has 1 aliphatic rings. The fraction of sp³-hybridized carbons (Fsp3) is 0.158. The molecule has 3 aromatic rings. The molecule has 0 fully saturated rings. The van der Waals surface area contributed by atoms with Crippen molar-refractivity contribution in [3.63, 3.8) is 0 Å². The zero-order valence-electron chi connectivity index (χ0n) is 13.5. The zero-order chi connectivity index (χ0) is 17.2. The summed E-state index contributed by atoms with van der Waals surface area (Å²) in [7, 11) is 0. The van der Waals surface area contributed by atoms with Gasteiger partial charge in [0.15, 0.2) is 5.82 Å². The van der Waals surface area contributed by atoms with Crippen molar-refractivity contribution in [3.8, 4) is 0 Å². The molecule has 0 saturated heterocycles. The number of rotatable bonds is 4. The first-order chi connectivity index (χ1) is 12.2. The van der Waals surface area contributed by atoms with E-state index >= 15 is 0 Å². The lowest BCUT2D eigenvalue weighted by Gasteiger charge is -2.15. The maximum absolute atomic E-state index is 13.0. The fourth-order valence-electron chi connectivity index (χ4n) is 3.04. The van der Waals surface area contributed by atoms with Gasteiger partial charge in [-0.25, -0.2) is 4.39 Å². The smallest absolute Gasteiger partial charge is 0.256 e. The van der Waals surface area contributed by atoms with Crippen LogP contribution in [0.1, 0.15) is 27.2 Å². The van der Waals surface area contributed by atoms with Crippen LogP contribution in [0.3, 0.4) is 0 Å². The molecule has 1 amide bonds. The summed E-state index contributed by atoms with van der Waals surface area (Å²) >= 11 is 0. The number of halogens is 1. The van der Waals surface area contributed by atoms with Crippen LogP contribution in [0.15, 0.2) is 54.6 Å². The van der Waals surface area contributed by atoms with E-state index in [1.54, 1.807) is 0 Å². The van der Waals surface area contributed by atoms with Gasteiger partial charge in [-0.15, -0.1) is 0 Å². The van der Waals surface area contributed by atoms with E-state index in [1.165, 1.54) is 29.8 Å². The molecule has 4 rings (SSSR count). The lowest BCUT2D eigenvalue weighted by molar-refractivity contribution is 0.102. The molecule has 2 aromatic carbocycles. The highest BCUT2D eigenvalue weighted by Crippen LogP contribution is 2.28. The number of benzene rings is 2. The maximum Gasteiger partial charge on any atom is 0.256 e. The number of carbonyl (C=O) groups excluding carboxylic acids is 1. The largest absolute Gasteiger partial charge is 0.305 e. The van der Waals surface area contributed by atoms with Gasteiger partial charge in [-0.3, -0.25) is 14.8 Å². The number of amides is 1. The van der Waals surface area contributed by atoms with Gasteiger partial charge in [0.25, 0.3) is 5.91 Å². The van der Waals surface area contributed by atoms with Crippen LogP contribution in [0.4, 0.5) is 10.2 Å². The topological polar surface area (TPSA) is 61.0 Å².